The van der Waals surface area contributed by atoms with E-state index in [2.05, 4.69) is 35.5 Å². The summed E-state index contributed by atoms with van der Waals surface area (Å²) in [7, 11) is 0. The third kappa shape index (κ3) is 5.79. The first-order valence-electron chi connectivity index (χ1n) is 11.8. The highest BCUT2D eigenvalue weighted by Gasteiger charge is 2.12. The molecule has 0 spiro atoms. The molecule has 0 amide bonds. The molecule has 0 atom stereocenters. The van der Waals surface area contributed by atoms with Crippen LogP contribution >= 0.6 is 0 Å². The van der Waals surface area contributed by atoms with Crippen LogP contribution in [0, 0.1) is 0 Å². The fourth-order valence-corrected chi connectivity index (χ4v) is 4.22. The van der Waals surface area contributed by atoms with Crippen LogP contribution in [-0.2, 0) is 6.54 Å². The maximum atomic E-state index is 9.22. The number of pyridine rings is 1. The monoisotopic (exact) mass is 475 g/mol. The molecule has 0 saturated carbocycles. The number of hydrogen-bond acceptors (Lipinski definition) is 9. The van der Waals surface area contributed by atoms with Crippen LogP contribution in [0.5, 0.6) is 11.5 Å². The number of anilines is 3. The fraction of sp³-hybridized carbons (Fsp3) is 0.320. The van der Waals surface area contributed by atoms with Gasteiger partial charge in [-0.15, -0.1) is 0 Å². The highest BCUT2D eigenvalue weighted by Crippen LogP contribution is 2.31. The molecule has 4 heterocycles. The van der Waals surface area contributed by atoms with Gasteiger partial charge < -0.3 is 25.2 Å². The first-order valence-corrected chi connectivity index (χ1v) is 11.8. The molecule has 182 valence electrons. The van der Waals surface area contributed by atoms with Gasteiger partial charge in [-0.2, -0.15) is 10.1 Å². The molecule has 1 aliphatic rings. The van der Waals surface area contributed by atoms with Crippen molar-refractivity contribution >= 4 is 23.0 Å². The summed E-state index contributed by atoms with van der Waals surface area (Å²) in [5.41, 5.74) is 2.78. The van der Waals surface area contributed by atoms with E-state index in [-0.39, 0.29) is 5.75 Å². The molecular weight excluding hydrogens is 446 g/mol. The first kappa shape index (κ1) is 22.9. The molecule has 3 N–H and O–H groups in total. The second kappa shape index (κ2) is 11.0. The minimum absolute atomic E-state index is 0.265. The summed E-state index contributed by atoms with van der Waals surface area (Å²) in [6.07, 6.45) is 6.93. The van der Waals surface area contributed by atoms with Gasteiger partial charge in [0.2, 0.25) is 11.7 Å². The van der Waals surface area contributed by atoms with Crippen molar-refractivity contribution in [2.24, 2.45) is 0 Å². The van der Waals surface area contributed by atoms with Crippen molar-refractivity contribution in [1.29, 1.82) is 0 Å². The summed E-state index contributed by atoms with van der Waals surface area (Å²) in [6, 6.07) is 15.0. The lowest BCUT2D eigenvalue weighted by Gasteiger charge is -2.15. The summed E-state index contributed by atoms with van der Waals surface area (Å²) in [5, 5.41) is 20.1. The summed E-state index contributed by atoms with van der Waals surface area (Å²) >= 11 is 0. The van der Waals surface area contributed by atoms with E-state index >= 15 is 0 Å². The Balaban J connectivity index is 1.20. The van der Waals surface area contributed by atoms with Gasteiger partial charge in [0, 0.05) is 30.7 Å². The van der Waals surface area contributed by atoms with Gasteiger partial charge in [0.15, 0.2) is 5.75 Å². The molecule has 1 aliphatic heterocycles. The third-order valence-corrected chi connectivity index (χ3v) is 5.98. The van der Waals surface area contributed by atoms with Gasteiger partial charge in [-0.25, -0.2) is 14.8 Å². The Morgan fingerprint density at radius 2 is 1.91 bits per heavy atom. The highest BCUT2D eigenvalue weighted by molar-refractivity contribution is 5.60. The average molecular weight is 476 g/mol. The lowest BCUT2D eigenvalue weighted by atomic mass is 10.2. The standard InChI is InChI=1S/C25H29N7O3/c33-35-22-8-7-19(17-23(22)34-16-4-15-31-13-1-2-14-31)29-25-26-11-10-24(30-25)27-18-21-6-3-5-20-9-12-28-32(20)21/h3,5-12,17,33H,1-2,4,13-16,18H2,(H2,26,27,29,30). The highest BCUT2D eigenvalue weighted by atomic mass is 17.1. The molecule has 5 rings (SSSR count). The van der Waals surface area contributed by atoms with Gasteiger partial charge in [-0.3, -0.25) is 0 Å². The maximum absolute atomic E-state index is 9.22. The van der Waals surface area contributed by atoms with Crippen molar-refractivity contribution in [3.63, 3.8) is 0 Å². The van der Waals surface area contributed by atoms with Crippen LogP contribution in [0.4, 0.5) is 17.5 Å². The number of nitrogens with one attached hydrogen (secondary N) is 2. The molecule has 1 aromatic carbocycles. The van der Waals surface area contributed by atoms with E-state index in [1.165, 1.54) is 12.8 Å². The van der Waals surface area contributed by atoms with Gasteiger partial charge in [-0.05, 0) is 68.8 Å². The zero-order valence-corrected chi connectivity index (χ0v) is 19.4. The second-order valence-electron chi connectivity index (χ2n) is 8.43. The zero-order chi connectivity index (χ0) is 23.9. The van der Waals surface area contributed by atoms with Crippen molar-refractivity contribution in [3.05, 3.63) is 66.6 Å². The molecule has 1 saturated heterocycles. The van der Waals surface area contributed by atoms with E-state index in [9.17, 15) is 5.26 Å². The molecule has 10 heteroatoms. The largest absolute Gasteiger partial charge is 0.489 e. The number of ether oxygens (including phenoxy) is 1. The van der Waals surface area contributed by atoms with E-state index in [0.29, 0.717) is 30.7 Å². The minimum Gasteiger partial charge on any atom is -0.489 e. The molecule has 10 nitrogen and oxygen atoms in total. The number of nitrogens with zero attached hydrogens (tertiary/aromatic N) is 5. The normalized spacial score (nSPS) is 13.7. The van der Waals surface area contributed by atoms with Gasteiger partial charge in [0.25, 0.3) is 0 Å². The van der Waals surface area contributed by atoms with Gasteiger partial charge >= 0.3 is 0 Å². The van der Waals surface area contributed by atoms with Crippen LogP contribution in [0.3, 0.4) is 0 Å². The van der Waals surface area contributed by atoms with E-state index in [1.807, 2.05) is 34.8 Å². The predicted molar refractivity (Wildman–Crippen MR) is 133 cm³/mol. The summed E-state index contributed by atoms with van der Waals surface area (Å²) in [4.78, 5) is 15.8. The van der Waals surface area contributed by atoms with Crippen LogP contribution in [0.15, 0.2) is 60.9 Å². The lowest BCUT2D eigenvalue weighted by molar-refractivity contribution is -0.139. The quantitative estimate of drug-likeness (QED) is 0.167. The topological polar surface area (TPSA) is 109 Å². The Kier molecular flexibility index (Phi) is 7.21. The summed E-state index contributed by atoms with van der Waals surface area (Å²) in [5.74, 6) is 1.84. The van der Waals surface area contributed by atoms with Gasteiger partial charge in [0.1, 0.15) is 5.82 Å². The number of rotatable bonds is 11. The number of aromatic nitrogens is 4. The van der Waals surface area contributed by atoms with E-state index in [0.717, 1.165) is 43.0 Å². The smallest absolute Gasteiger partial charge is 0.229 e. The van der Waals surface area contributed by atoms with Gasteiger partial charge in [0.05, 0.1) is 24.4 Å². The molecule has 3 aromatic heterocycles. The summed E-state index contributed by atoms with van der Waals surface area (Å²) in [6.45, 7) is 4.44. The van der Waals surface area contributed by atoms with Crippen LogP contribution < -0.4 is 20.3 Å². The van der Waals surface area contributed by atoms with E-state index < -0.39 is 0 Å². The molecular formula is C25H29N7O3. The number of likely N-dealkylation sites (tertiary alicyclic amines) is 1. The first-order chi connectivity index (χ1) is 17.3. The van der Waals surface area contributed by atoms with Crippen LogP contribution in [0.2, 0.25) is 0 Å². The fourth-order valence-electron chi connectivity index (χ4n) is 4.22. The molecule has 0 aliphatic carbocycles. The van der Waals surface area contributed by atoms with E-state index in [4.69, 9.17) is 4.74 Å². The number of fused-ring (bicyclic) bond motifs is 1. The Morgan fingerprint density at radius 3 is 2.80 bits per heavy atom. The van der Waals surface area contributed by atoms with Crippen molar-refractivity contribution in [2.75, 3.05) is 36.9 Å². The SMILES string of the molecule is OOc1ccc(Nc2nccc(NCc3cccc4ccnn34)n2)cc1OCCCN1CCCC1. The van der Waals surface area contributed by atoms with Crippen LogP contribution in [0.1, 0.15) is 25.0 Å². The molecule has 1 fully saturated rings. The molecule has 0 unspecified atom stereocenters. The molecule has 4 aromatic rings. The lowest BCUT2D eigenvalue weighted by Crippen LogP contribution is -2.21. The van der Waals surface area contributed by atoms with Crippen molar-refractivity contribution in [3.8, 4) is 11.5 Å². The second-order valence-corrected chi connectivity index (χ2v) is 8.43. The average Bonchev–Trinajstić information content (AvgIpc) is 3.58. The van der Waals surface area contributed by atoms with Crippen molar-refractivity contribution in [1.82, 2.24) is 24.5 Å². The number of benzene rings is 1. The Morgan fingerprint density at radius 1 is 1.00 bits per heavy atom. The third-order valence-electron chi connectivity index (χ3n) is 5.98. The summed E-state index contributed by atoms with van der Waals surface area (Å²) < 4.78 is 7.79. The molecule has 0 bridgehead atoms. The van der Waals surface area contributed by atoms with Gasteiger partial charge in [-0.1, -0.05) is 6.07 Å². The van der Waals surface area contributed by atoms with Crippen LogP contribution in [-0.4, -0.2) is 56.0 Å². The van der Waals surface area contributed by atoms with Crippen LogP contribution in [0.25, 0.3) is 5.52 Å². The van der Waals surface area contributed by atoms with Crippen molar-refractivity contribution < 1.29 is 14.9 Å². The Labute approximate surface area is 203 Å². The molecule has 35 heavy (non-hydrogen) atoms. The maximum Gasteiger partial charge on any atom is 0.229 e. The zero-order valence-electron chi connectivity index (χ0n) is 19.4. The minimum atomic E-state index is 0.265. The molecule has 0 radical (unpaired) electrons. The van der Waals surface area contributed by atoms with E-state index in [1.54, 1.807) is 30.6 Å². The number of hydrogen-bond donors (Lipinski definition) is 3. The predicted octanol–water partition coefficient (Wildman–Crippen LogP) is 4.20. The Bertz CT molecular complexity index is 1260. The van der Waals surface area contributed by atoms with Crippen molar-refractivity contribution in [2.45, 2.75) is 25.8 Å². The Hall–Kier alpha value is -3.89.